The molecule has 0 spiro atoms. The largest absolute Gasteiger partial charge is 0.428 e. The molecule has 1 N–H and O–H groups in total. The first-order chi connectivity index (χ1) is 9.75. The van der Waals surface area contributed by atoms with Crippen molar-refractivity contribution >= 4 is 11.5 Å². The quantitative estimate of drug-likeness (QED) is 0.868. The molecule has 0 fully saturated rings. The topological polar surface area (TPSA) is 46.5 Å². The molecule has 3 rings (SSSR count). The molecule has 3 heteroatoms. The minimum Gasteiger partial charge on any atom is -0.428 e. The molecule has 3 nitrogen and oxygen atoms in total. The van der Waals surface area contributed by atoms with Crippen LogP contribution in [-0.4, -0.2) is 17.4 Å². The lowest BCUT2D eigenvalue weighted by Gasteiger charge is -2.08. The lowest BCUT2D eigenvalue weighted by Crippen LogP contribution is -2.11. The van der Waals surface area contributed by atoms with Gasteiger partial charge in [-0.15, -0.1) is 0 Å². The summed E-state index contributed by atoms with van der Waals surface area (Å²) in [7, 11) is 0. The van der Waals surface area contributed by atoms with Gasteiger partial charge in [-0.25, -0.2) is 4.79 Å². The fourth-order valence-electron chi connectivity index (χ4n) is 2.39. The van der Waals surface area contributed by atoms with Gasteiger partial charge in [-0.2, -0.15) is 0 Å². The maximum atomic E-state index is 11.9. The van der Waals surface area contributed by atoms with Crippen LogP contribution >= 0.6 is 0 Å². The Labute approximate surface area is 117 Å². The zero-order valence-corrected chi connectivity index (χ0v) is 10.8. The highest BCUT2D eigenvalue weighted by atomic mass is 16.6. The first-order valence-electron chi connectivity index (χ1n) is 6.47. The van der Waals surface area contributed by atoms with Crippen LogP contribution in [0.2, 0.25) is 0 Å². The molecule has 1 heterocycles. The van der Waals surface area contributed by atoms with Crippen molar-refractivity contribution in [2.24, 2.45) is 0 Å². The summed E-state index contributed by atoms with van der Waals surface area (Å²) in [5.74, 6) is -0.463. The third-order valence-corrected chi connectivity index (χ3v) is 3.34. The Morgan fingerprint density at radius 3 is 2.20 bits per heavy atom. The summed E-state index contributed by atoms with van der Waals surface area (Å²) in [5, 5.41) is 9.95. The van der Waals surface area contributed by atoms with E-state index in [4.69, 9.17) is 4.74 Å². The van der Waals surface area contributed by atoms with Gasteiger partial charge in [0.25, 0.3) is 0 Å². The predicted molar refractivity (Wildman–Crippen MR) is 75.6 cm³/mol. The van der Waals surface area contributed by atoms with Crippen molar-refractivity contribution in [1.29, 1.82) is 0 Å². The summed E-state index contributed by atoms with van der Waals surface area (Å²) < 4.78 is 4.96. The zero-order chi connectivity index (χ0) is 13.9. The summed E-state index contributed by atoms with van der Waals surface area (Å²) in [6, 6.07) is 19.0. The van der Waals surface area contributed by atoms with Gasteiger partial charge >= 0.3 is 5.97 Å². The van der Waals surface area contributed by atoms with Crippen molar-refractivity contribution in [1.82, 2.24) is 0 Å². The number of hydrogen-bond acceptors (Lipinski definition) is 3. The van der Waals surface area contributed by atoms with Crippen LogP contribution < -0.4 is 0 Å². The lowest BCUT2D eigenvalue weighted by atomic mass is 9.96. The van der Waals surface area contributed by atoms with Gasteiger partial charge in [0.05, 0.1) is 5.57 Å². The third kappa shape index (κ3) is 2.36. The lowest BCUT2D eigenvalue weighted by molar-refractivity contribution is -0.150. The smallest absolute Gasteiger partial charge is 0.341 e. The fourth-order valence-corrected chi connectivity index (χ4v) is 2.39. The van der Waals surface area contributed by atoms with Crippen LogP contribution in [0.25, 0.3) is 5.57 Å². The van der Waals surface area contributed by atoms with E-state index >= 15 is 0 Å². The molecular weight excluding hydrogens is 252 g/mol. The van der Waals surface area contributed by atoms with Crippen molar-refractivity contribution in [2.45, 2.75) is 12.7 Å². The Hall–Kier alpha value is -2.39. The highest BCUT2D eigenvalue weighted by Crippen LogP contribution is 2.31. The van der Waals surface area contributed by atoms with E-state index in [0.29, 0.717) is 17.6 Å². The van der Waals surface area contributed by atoms with Crippen LogP contribution in [0.1, 0.15) is 11.1 Å². The maximum absolute atomic E-state index is 11.9. The number of hydrogen-bond donors (Lipinski definition) is 1. The van der Waals surface area contributed by atoms with Gasteiger partial charge in [-0.1, -0.05) is 60.7 Å². The van der Waals surface area contributed by atoms with Crippen LogP contribution in [0.15, 0.2) is 66.2 Å². The standard InChI is InChI=1S/C17H14O3/c18-16-14(11-12-7-3-1-4-8-12)15(17(19)20-16)13-9-5-2-6-10-13/h1-10,16,18H,11H2. The number of esters is 1. The molecule has 0 amide bonds. The van der Waals surface area contributed by atoms with Gasteiger partial charge in [-0.05, 0) is 11.1 Å². The minimum atomic E-state index is -1.15. The molecule has 1 unspecified atom stereocenters. The van der Waals surface area contributed by atoms with E-state index in [1.807, 2.05) is 60.7 Å². The zero-order valence-electron chi connectivity index (χ0n) is 10.8. The Morgan fingerprint density at radius 1 is 0.950 bits per heavy atom. The number of benzene rings is 2. The second-order valence-electron chi connectivity index (χ2n) is 4.69. The maximum Gasteiger partial charge on any atom is 0.341 e. The van der Waals surface area contributed by atoms with Crippen LogP contribution in [0.5, 0.6) is 0 Å². The Balaban J connectivity index is 2.03. The minimum absolute atomic E-state index is 0.463. The molecule has 1 aliphatic rings. The third-order valence-electron chi connectivity index (χ3n) is 3.34. The Bertz CT molecular complexity index is 644. The molecule has 0 aliphatic carbocycles. The normalized spacial score (nSPS) is 18.2. The molecule has 0 radical (unpaired) electrons. The molecule has 0 saturated carbocycles. The molecule has 1 aliphatic heterocycles. The van der Waals surface area contributed by atoms with E-state index in [2.05, 4.69) is 0 Å². The van der Waals surface area contributed by atoms with Crippen molar-refractivity contribution < 1.29 is 14.6 Å². The van der Waals surface area contributed by atoms with Gasteiger partial charge in [0.1, 0.15) is 0 Å². The number of carbonyl (C=O) groups is 1. The van der Waals surface area contributed by atoms with Crippen molar-refractivity contribution in [3.8, 4) is 0 Å². The SMILES string of the molecule is O=C1OC(O)C(Cc2ccccc2)=C1c1ccccc1. The molecular formula is C17H14O3. The van der Waals surface area contributed by atoms with Gasteiger partial charge in [0, 0.05) is 12.0 Å². The number of aliphatic hydroxyl groups is 1. The molecule has 0 bridgehead atoms. The summed E-state index contributed by atoms with van der Waals surface area (Å²) in [6.45, 7) is 0. The highest BCUT2D eigenvalue weighted by Gasteiger charge is 2.33. The van der Waals surface area contributed by atoms with Crippen LogP contribution in [-0.2, 0) is 16.0 Å². The fraction of sp³-hybridized carbons (Fsp3) is 0.118. The summed E-state index contributed by atoms with van der Waals surface area (Å²) in [6.07, 6.45) is -0.657. The first kappa shape index (κ1) is 12.6. The van der Waals surface area contributed by atoms with E-state index in [1.54, 1.807) is 0 Å². The Kier molecular flexibility index (Phi) is 3.35. The van der Waals surface area contributed by atoms with Crippen molar-refractivity contribution in [2.75, 3.05) is 0 Å². The summed E-state index contributed by atoms with van der Waals surface area (Å²) >= 11 is 0. The second kappa shape index (κ2) is 5.31. The van der Waals surface area contributed by atoms with Crippen molar-refractivity contribution in [3.63, 3.8) is 0 Å². The van der Waals surface area contributed by atoms with E-state index in [-0.39, 0.29) is 0 Å². The van der Waals surface area contributed by atoms with E-state index < -0.39 is 12.3 Å². The average Bonchev–Trinajstić information content (AvgIpc) is 2.75. The van der Waals surface area contributed by atoms with Crippen LogP contribution in [0, 0.1) is 0 Å². The van der Waals surface area contributed by atoms with Gasteiger partial charge < -0.3 is 9.84 Å². The molecule has 0 aromatic heterocycles. The summed E-state index contributed by atoms with van der Waals surface area (Å²) in [5.41, 5.74) is 2.91. The number of ether oxygens (including phenoxy) is 1. The van der Waals surface area contributed by atoms with Crippen molar-refractivity contribution in [3.05, 3.63) is 77.4 Å². The molecule has 2 aromatic carbocycles. The predicted octanol–water partition coefficient (Wildman–Crippen LogP) is 2.56. The highest BCUT2D eigenvalue weighted by molar-refractivity contribution is 6.19. The second-order valence-corrected chi connectivity index (χ2v) is 4.69. The molecule has 2 aromatic rings. The van der Waals surface area contributed by atoms with Gasteiger partial charge in [0.2, 0.25) is 6.29 Å². The van der Waals surface area contributed by atoms with Crippen LogP contribution in [0.4, 0.5) is 0 Å². The van der Waals surface area contributed by atoms with E-state index in [9.17, 15) is 9.90 Å². The number of aliphatic hydroxyl groups excluding tert-OH is 1. The van der Waals surface area contributed by atoms with Gasteiger partial charge in [0.15, 0.2) is 0 Å². The molecule has 20 heavy (non-hydrogen) atoms. The van der Waals surface area contributed by atoms with E-state index in [0.717, 1.165) is 11.1 Å². The Morgan fingerprint density at radius 2 is 1.55 bits per heavy atom. The molecule has 100 valence electrons. The monoisotopic (exact) mass is 266 g/mol. The first-order valence-corrected chi connectivity index (χ1v) is 6.47. The summed E-state index contributed by atoms with van der Waals surface area (Å²) in [4.78, 5) is 11.9. The molecule has 1 atom stereocenters. The average molecular weight is 266 g/mol. The van der Waals surface area contributed by atoms with Crippen LogP contribution in [0.3, 0.4) is 0 Å². The van der Waals surface area contributed by atoms with E-state index in [1.165, 1.54) is 0 Å². The number of cyclic esters (lactones) is 1. The number of rotatable bonds is 3. The van der Waals surface area contributed by atoms with Gasteiger partial charge in [-0.3, -0.25) is 0 Å². The number of carbonyl (C=O) groups excluding carboxylic acids is 1. The molecule has 0 saturated heterocycles.